The van der Waals surface area contributed by atoms with Crippen LogP contribution in [0.4, 0.5) is 13.2 Å². The van der Waals surface area contributed by atoms with Gasteiger partial charge in [0, 0.05) is 6.42 Å². The number of hydrogen-bond acceptors (Lipinski definition) is 1. The second-order valence-corrected chi connectivity index (χ2v) is 5.56. The molecule has 0 aromatic rings. The van der Waals surface area contributed by atoms with Gasteiger partial charge in [0.1, 0.15) is 0 Å². The van der Waals surface area contributed by atoms with Crippen molar-refractivity contribution in [3.8, 4) is 0 Å². The molecule has 0 aliphatic heterocycles. The Morgan fingerprint density at radius 1 is 1.31 bits per heavy atom. The zero-order valence-corrected chi connectivity index (χ0v) is 9.98. The summed E-state index contributed by atoms with van der Waals surface area (Å²) in [6, 6.07) is 0. The van der Waals surface area contributed by atoms with Gasteiger partial charge in [0.05, 0.1) is 6.10 Å². The number of rotatable bonds is 3. The maximum atomic E-state index is 12.1. The van der Waals surface area contributed by atoms with Crippen LogP contribution in [0.1, 0.15) is 52.4 Å². The number of halogens is 3. The summed E-state index contributed by atoms with van der Waals surface area (Å²) in [6.07, 6.45) is -1.99. The molecule has 0 heterocycles. The lowest BCUT2D eigenvalue weighted by molar-refractivity contribution is -0.144. The van der Waals surface area contributed by atoms with Crippen LogP contribution in [0.3, 0.4) is 0 Å². The monoisotopic (exact) mass is 238 g/mol. The van der Waals surface area contributed by atoms with E-state index in [4.69, 9.17) is 0 Å². The highest BCUT2D eigenvalue weighted by atomic mass is 19.4. The molecule has 0 saturated heterocycles. The van der Waals surface area contributed by atoms with Gasteiger partial charge in [-0.25, -0.2) is 0 Å². The molecule has 0 radical (unpaired) electrons. The first-order valence-electron chi connectivity index (χ1n) is 5.97. The molecule has 1 rings (SSSR count). The number of aliphatic hydroxyl groups excluding tert-OH is 1. The highest BCUT2D eigenvalue weighted by molar-refractivity contribution is 4.87. The quantitative estimate of drug-likeness (QED) is 0.790. The third-order valence-corrected chi connectivity index (χ3v) is 3.78. The van der Waals surface area contributed by atoms with E-state index < -0.39 is 18.7 Å². The molecule has 1 aliphatic carbocycles. The second-order valence-electron chi connectivity index (χ2n) is 5.56. The van der Waals surface area contributed by atoms with Gasteiger partial charge in [-0.1, -0.05) is 26.7 Å². The smallest absolute Gasteiger partial charge is 0.389 e. The van der Waals surface area contributed by atoms with Gasteiger partial charge in [0.2, 0.25) is 0 Å². The summed E-state index contributed by atoms with van der Waals surface area (Å²) < 4.78 is 36.2. The van der Waals surface area contributed by atoms with Crippen molar-refractivity contribution in [2.75, 3.05) is 0 Å². The number of alkyl halides is 3. The summed E-state index contributed by atoms with van der Waals surface area (Å²) in [5.74, 6) is 0.0172. The zero-order chi connectivity index (χ0) is 12.4. The Labute approximate surface area is 95.0 Å². The van der Waals surface area contributed by atoms with E-state index in [0.29, 0.717) is 0 Å². The van der Waals surface area contributed by atoms with E-state index in [1.165, 1.54) is 0 Å². The Hall–Kier alpha value is -0.250. The molecule has 1 N–H and O–H groups in total. The molecule has 1 nitrogen and oxygen atoms in total. The Bertz CT molecular complexity index is 223. The van der Waals surface area contributed by atoms with Crippen LogP contribution in [0.5, 0.6) is 0 Å². The standard InChI is InChI=1S/C12H21F3O/c1-11(2)7-4-3-5-9(11)10(16)6-8-12(13,14)15/h9-10,16H,3-8H2,1-2H3. The summed E-state index contributed by atoms with van der Waals surface area (Å²) in [6.45, 7) is 4.10. The van der Waals surface area contributed by atoms with Crippen LogP contribution in [0.25, 0.3) is 0 Å². The van der Waals surface area contributed by atoms with Gasteiger partial charge in [-0.05, 0) is 30.6 Å². The van der Waals surface area contributed by atoms with Gasteiger partial charge >= 0.3 is 6.18 Å². The normalized spacial score (nSPS) is 27.8. The first kappa shape index (κ1) is 13.8. The number of hydrogen-bond donors (Lipinski definition) is 1. The third kappa shape index (κ3) is 3.96. The molecule has 0 bridgehead atoms. The molecule has 1 fully saturated rings. The maximum absolute atomic E-state index is 12.1. The van der Waals surface area contributed by atoms with Crippen molar-refractivity contribution in [1.82, 2.24) is 0 Å². The van der Waals surface area contributed by atoms with E-state index in [0.717, 1.165) is 25.7 Å². The van der Waals surface area contributed by atoms with Gasteiger partial charge < -0.3 is 5.11 Å². The summed E-state index contributed by atoms with van der Waals surface area (Å²) in [4.78, 5) is 0. The predicted molar refractivity (Wildman–Crippen MR) is 57.0 cm³/mol. The summed E-state index contributed by atoms with van der Waals surface area (Å²) >= 11 is 0. The van der Waals surface area contributed by atoms with Gasteiger partial charge in [-0.2, -0.15) is 13.2 Å². The largest absolute Gasteiger partial charge is 0.393 e. The zero-order valence-electron chi connectivity index (χ0n) is 9.98. The molecule has 1 aliphatic rings. The Kier molecular flexibility index (Phi) is 4.27. The fourth-order valence-electron chi connectivity index (χ4n) is 2.75. The van der Waals surface area contributed by atoms with E-state index >= 15 is 0 Å². The van der Waals surface area contributed by atoms with Gasteiger partial charge in [-0.15, -0.1) is 0 Å². The summed E-state index contributed by atoms with van der Waals surface area (Å²) in [7, 11) is 0. The minimum Gasteiger partial charge on any atom is -0.393 e. The van der Waals surface area contributed by atoms with Crippen molar-refractivity contribution in [2.45, 2.75) is 64.7 Å². The van der Waals surface area contributed by atoms with Crippen LogP contribution in [0, 0.1) is 11.3 Å². The Morgan fingerprint density at radius 2 is 1.94 bits per heavy atom. The summed E-state index contributed by atoms with van der Waals surface area (Å²) in [5, 5.41) is 9.87. The average molecular weight is 238 g/mol. The molecule has 4 heteroatoms. The first-order valence-corrected chi connectivity index (χ1v) is 5.97. The van der Waals surface area contributed by atoms with Crippen molar-refractivity contribution in [2.24, 2.45) is 11.3 Å². The molecule has 2 atom stereocenters. The van der Waals surface area contributed by atoms with Gasteiger partial charge in [0.15, 0.2) is 0 Å². The lowest BCUT2D eigenvalue weighted by Gasteiger charge is -2.41. The van der Waals surface area contributed by atoms with Crippen LogP contribution < -0.4 is 0 Å². The lowest BCUT2D eigenvalue weighted by atomic mass is 9.66. The molecule has 0 aromatic carbocycles. The van der Waals surface area contributed by atoms with E-state index in [9.17, 15) is 18.3 Å². The summed E-state index contributed by atoms with van der Waals surface area (Å²) in [5.41, 5.74) is -0.0245. The van der Waals surface area contributed by atoms with Crippen molar-refractivity contribution in [3.63, 3.8) is 0 Å². The van der Waals surface area contributed by atoms with Crippen molar-refractivity contribution in [3.05, 3.63) is 0 Å². The SMILES string of the molecule is CC1(C)CCCCC1C(O)CCC(F)(F)F. The minimum atomic E-state index is -4.15. The molecule has 2 unspecified atom stereocenters. The van der Waals surface area contributed by atoms with Crippen molar-refractivity contribution < 1.29 is 18.3 Å². The van der Waals surface area contributed by atoms with Crippen LogP contribution in [0.2, 0.25) is 0 Å². The molecular weight excluding hydrogens is 217 g/mol. The predicted octanol–water partition coefficient (Wildman–Crippen LogP) is 3.91. The fourth-order valence-corrected chi connectivity index (χ4v) is 2.75. The van der Waals surface area contributed by atoms with Crippen LogP contribution >= 0.6 is 0 Å². The topological polar surface area (TPSA) is 20.2 Å². The molecule has 16 heavy (non-hydrogen) atoms. The Morgan fingerprint density at radius 3 is 2.44 bits per heavy atom. The molecule has 96 valence electrons. The Balaban J connectivity index is 2.49. The van der Waals surface area contributed by atoms with Crippen LogP contribution in [0.15, 0.2) is 0 Å². The van der Waals surface area contributed by atoms with E-state index in [-0.39, 0.29) is 17.8 Å². The van der Waals surface area contributed by atoms with Crippen LogP contribution in [-0.4, -0.2) is 17.4 Å². The third-order valence-electron chi connectivity index (χ3n) is 3.78. The first-order chi connectivity index (χ1) is 7.22. The van der Waals surface area contributed by atoms with Gasteiger partial charge in [-0.3, -0.25) is 0 Å². The van der Waals surface area contributed by atoms with E-state index in [1.54, 1.807) is 0 Å². The van der Waals surface area contributed by atoms with E-state index in [1.807, 2.05) is 13.8 Å². The average Bonchev–Trinajstić information content (AvgIpc) is 2.12. The maximum Gasteiger partial charge on any atom is 0.389 e. The molecule has 0 spiro atoms. The van der Waals surface area contributed by atoms with Crippen LogP contribution in [-0.2, 0) is 0 Å². The highest BCUT2D eigenvalue weighted by Crippen LogP contribution is 2.43. The fraction of sp³-hybridized carbons (Fsp3) is 1.00. The van der Waals surface area contributed by atoms with Crippen molar-refractivity contribution >= 4 is 0 Å². The minimum absolute atomic E-state index is 0.0172. The van der Waals surface area contributed by atoms with Crippen molar-refractivity contribution in [1.29, 1.82) is 0 Å². The molecular formula is C12H21F3O. The number of aliphatic hydroxyl groups is 1. The van der Waals surface area contributed by atoms with Gasteiger partial charge in [0.25, 0.3) is 0 Å². The second kappa shape index (κ2) is 4.94. The molecule has 0 amide bonds. The highest BCUT2D eigenvalue weighted by Gasteiger charge is 2.38. The molecule has 0 aromatic heterocycles. The lowest BCUT2D eigenvalue weighted by Crippen LogP contribution is -2.37. The molecule has 1 saturated carbocycles. The van der Waals surface area contributed by atoms with E-state index in [2.05, 4.69) is 0 Å².